The van der Waals surface area contributed by atoms with Crippen LogP contribution < -0.4 is 11.1 Å². The van der Waals surface area contributed by atoms with E-state index in [4.69, 9.17) is 5.73 Å². The lowest BCUT2D eigenvalue weighted by Gasteiger charge is -2.22. The Labute approximate surface area is 95.0 Å². The zero-order valence-corrected chi connectivity index (χ0v) is 9.57. The molecule has 0 radical (unpaired) electrons. The molecule has 88 valence electrons. The third-order valence-corrected chi connectivity index (χ3v) is 3.01. The molecule has 0 aliphatic heterocycles. The van der Waals surface area contributed by atoms with E-state index in [1.54, 1.807) is 17.9 Å². The fourth-order valence-corrected chi connectivity index (χ4v) is 2.18. The molecule has 16 heavy (non-hydrogen) atoms. The van der Waals surface area contributed by atoms with Crippen LogP contribution in [-0.2, 0) is 7.05 Å². The number of nitrogens with two attached hydrogens (primary N) is 1. The third-order valence-electron chi connectivity index (χ3n) is 3.01. The van der Waals surface area contributed by atoms with Gasteiger partial charge in [0.25, 0.3) is 5.91 Å². The maximum Gasteiger partial charge on any atom is 0.274 e. The minimum absolute atomic E-state index is 0.148. The Bertz CT molecular complexity index is 379. The molecule has 1 aliphatic rings. The number of nitrogens with zero attached hydrogens (tertiary/aromatic N) is 2. The molecular weight excluding hydrogens is 204 g/mol. The first kappa shape index (κ1) is 11.0. The number of nitrogens with one attached hydrogen (secondary N) is 1. The minimum atomic E-state index is -0.148. The van der Waals surface area contributed by atoms with Gasteiger partial charge in [-0.2, -0.15) is 5.10 Å². The molecule has 1 aromatic rings. The zero-order chi connectivity index (χ0) is 11.5. The quantitative estimate of drug-likeness (QED) is 0.786. The van der Waals surface area contributed by atoms with E-state index in [9.17, 15) is 4.79 Å². The van der Waals surface area contributed by atoms with Crippen LogP contribution in [0.1, 0.15) is 42.6 Å². The molecule has 0 atom stereocenters. The van der Waals surface area contributed by atoms with E-state index in [0.29, 0.717) is 17.4 Å². The first-order valence-corrected chi connectivity index (χ1v) is 5.77. The molecule has 1 fully saturated rings. The number of aromatic nitrogens is 2. The van der Waals surface area contributed by atoms with Crippen molar-refractivity contribution < 1.29 is 4.79 Å². The second kappa shape index (κ2) is 4.55. The van der Waals surface area contributed by atoms with Crippen molar-refractivity contribution in [3.8, 4) is 0 Å². The molecule has 0 spiro atoms. The van der Waals surface area contributed by atoms with Gasteiger partial charge in [-0.05, 0) is 12.8 Å². The lowest BCUT2D eigenvalue weighted by molar-refractivity contribution is 0.0923. The third kappa shape index (κ3) is 2.35. The Balaban J connectivity index is 1.99. The fraction of sp³-hybridized carbons (Fsp3) is 0.636. The molecule has 2 rings (SSSR count). The van der Waals surface area contributed by atoms with Crippen LogP contribution in [0.4, 0.5) is 5.69 Å². The first-order chi connectivity index (χ1) is 7.66. The maximum atomic E-state index is 11.9. The van der Waals surface area contributed by atoms with Gasteiger partial charge < -0.3 is 11.1 Å². The number of anilines is 1. The molecule has 0 unspecified atom stereocenters. The van der Waals surface area contributed by atoms with Gasteiger partial charge in [0.15, 0.2) is 5.69 Å². The highest BCUT2D eigenvalue weighted by Crippen LogP contribution is 2.18. The predicted molar refractivity (Wildman–Crippen MR) is 62.0 cm³/mol. The Hall–Kier alpha value is -1.52. The van der Waals surface area contributed by atoms with Crippen molar-refractivity contribution in [3.63, 3.8) is 0 Å². The van der Waals surface area contributed by atoms with Gasteiger partial charge in [0.2, 0.25) is 0 Å². The molecule has 1 aromatic heterocycles. The van der Waals surface area contributed by atoms with Gasteiger partial charge in [-0.1, -0.05) is 19.3 Å². The summed E-state index contributed by atoms with van der Waals surface area (Å²) < 4.78 is 1.56. The van der Waals surface area contributed by atoms with Crippen molar-refractivity contribution in [2.24, 2.45) is 7.05 Å². The summed E-state index contributed by atoms with van der Waals surface area (Å²) in [6.45, 7) is 0. The van der Waals surface area contributed by atoms with Crippen LogP contribution in [-0.4, -0.2) is 21.7 Å². The number of rotatable bonds is 2. The molecule has 1 saturated carbocycles. The summed E-state index contributed by atoms with van der Waals surface area (Å²) in [6, 6.07) is 0.294. The van der Waals surface area contributed by atoms with E-state index >= 15 is 0 Å². The Kier molecular flexibility index (Phi) is 3.12. The summed E-state index contributed by atoms with van der Waals surface area (Å²) in [5.74, 6) is -0.148. The topological polar surface area (TPSA) is 72.9 Å². The van der Waals surface area contributed by atoms with E-state index in [1.165, 1.54) is 19.3 Å². The van der Waals surface area contributed by atoms with Crippen LogP contribution in [0.5, 0.6) is 0 Å². The Morgan fingerprint density at radius 2 is 2.19 bits per heavy atom. The normalized spacial score (nSPS) is 17.3. The van der Waals surface area contributed by atoms with E-state index < -0.39 is 0 Å². The smallest absolute Gasteiger partial charge is 0.274 e. The number of amides is 1. The Morgan fingerprint density at radius 3 is 2.75 bits per heavy atom. The number of nitrogen functional groups attached to an aromatic ring is 1. The van der Waals surface area contributed by atoms with Crippen molar-refractivity contribution in [2.75, 3.05) is 5.73 Å². The monoisotopic (exact) mass is 222 g/mol. The first-order valence-electron chi connectivity index (χ1n) is 5.77. The molecule has 1 amide bonds. The van der Waals surface area contributed by atoms with Gasteiger partial charge in [0.05, 0.1) is 5.69 Å². The van der Waals surface area contributed by atoms with E-state index in [-0.39, 0.29) is 5.91 Å². The van der Waals surface area contributed by atoms with E-state index in [1.807, 2.05) is 0 Å². The minimum Gasteiger partial charge on any atom is -0.396 e. The maximum absolute atomic E-state index is 11.9. The zero-order valence-electron chi connectivity index (χ0n) is 9.57. The fourth-order valence-electron chi connectivity index (χ4n) is 2.18. The summed E-state index contributed by atoms with van der Waals surface area (Å²) in [4.78, 5) is 11.9. The summed E-state index contributed by atoms with van der Waals surface area (Å²) in [6.07, 6.45) is 7.45. The van der Waals surface area contributed by atoms with E-state index in [0.717, 1.165) is 12.8 Å². The number of hydrogen-bond donors (Lipinski definition) is 2. The second-order valence-corrected chi connectivity index (χ2v) is 4.42. The molecule has 5 heteroatoms. The van der Waals surface area contributed by atoms with Gasteiger partial charge in [0, 0.05) is 19.3 Å². The average molecular weight is 222 g/mol. The second-order valence-electron chi connectivity index (χ2n) is 4.42. The van der Waals surface area contributed by atoms with Crippen LogP contribution >= 0.6 is 0 Å². The van der Waals surface area contributed by atoms with Crippen molar-refractivity contribution in [1.29, 1.82) is 0 Å². The predicted octanol–water partition coefficient (Wildman–Crippen LogP) is 1.06. The number of aryl methyl sites for hydroxylation is 1. The van der Waals surface area contributed by atoms with Crippen LogP contribution in [0, 0.1) is 0 Å². The number of hydrogen-bond acceptors (Lipinski definition) is 3. The molecule has 0 saturated heterocycles. The van der Waals surface area contributed by atoms with Crippen LogP contribution in [0.25, 0.3) is 0 Å². The van der Waals surface area contributed by atoms with Crippen molar-refractivity contribution in [2.45, 2.75) is 38.1 Å². The lowest BCUT2D eigenvalue weighted by atomic mass is 9.95. The van der Waals surface area contributed by atoms with Crippen LogP contribution in [0.3, 0.4) is 0 Å². The molecule has 3 N–H and O–H groups in total. The molecule has 0 aromatic carbocycles. The van der Waals surface area contributed by atoms with Gasteiger partial charge in [0.1, 0.15) is 0 Å². The summed E-state index contributed by atoms with van der Waals surface area (Å²) in [5.41, 5.74) is 6.48. The van der Waals surface area contributed by atoms with Gasteiger partial charge in [-0.3, -0.25) is 9.48 Å². The van der Waals surface area contributed by atoms with Crippen molar-refractivity contribution in [3.05, 3.63) is 11.9 Å². The summed E-state index contributed by atoms with van der Waals surface area (Å²) >= 11 is 0. The highest BCUT2D eigenvalue weighted by Gasteiger charge is 2.19. The molecular formula is C11H18N4O. The Morgan fingerprint density at radius 1 is 1.50 bits per heavy atom. The number of carbonyl (C=O) groups is 1. The standard InChI is InChI=1S/C11H18N4O/c1-15-7-9(12)10(14-15)11(16)13-8-5-3-2-4-6-8/h7-8H,2-6,12H2,1H3,(H,13,16). The van der Waals surface area contributed by atoms with Crippen molar-refractivity contribution in [1.82, 2.24) is 15.1 Å². The van der Waals surface area contributed by atoms with Gasteiger partial charge >= 0.3 is 0 Å². The largest absolute Gasteiger partial charge is 0.396 e. The molecule has 0 bridgehead atoms. The van der Waals surface area contributed by atoms with Gasteiger partial charge in [-0.15, -0.1) is 0 Å². The number of carbonyl (C=O) groups excluding carboxylic acids is 1. The highest BCUT2D eigenvalue weighted by atomic mass is 16.2. The van der Waals surface area contributed by atoms with E-state index in [2.05, 4.69) is 10.4 Å². The lowest BCUT2D eigenvalue weighted by Crippen LogP contribution is -2.36. The molecule has 5 nitrogen and oxygen atoms in total. The average Bonchev–Trinajstić information content (AvgIpc) is 2.59. The van der Waals surface area contributed by atoms with Crippen LogP contribution in [0.15, 0.2) is 6.20 Å². The van der Waals surface area contributed by atoms with Crippen molar-refractivity contribution >= 4 is 11.6 Å². The molecule has 1 aliphatic carbocycles. The summed E-state index contributed by atoms with van der Waals surface area (Å²) in [7, 11) is 1.76. The van der Waals surface area contributed by atoms with Gasteiger partial charge in [-0.25, -0.2) is 0 Å². The molecule has 1 heterocycles. The highest BCUT2D eigenvalue weighted by molar-refractivity contribution is 5.97. The SMILES string of the molecule is Cn1cc(N)c(C(=O)NC2CCCCC2)n1. The summed E-state index contributed by atoms with van der Waals surface area (Å²) in [5, 5.41) is 7.05. The van der Waals surface area contributed by atoms with Crippen LogP contribution in [0.2, 0.25) is 0 Å².